The topological polar surface area (TPSA) is 35.0 Å². The van der Waals surface area contributed by atoms with Gasteiger partial charge in [0.15, 0.2) is 0 Å². The zero-order chi connectivity index (χ0) is 9.80. The molecule has 14 heavy (non-hydrogen) atoms. The van der Waals surface area contributed by atoms with Gasteiger partial charge in [0.1, 0.15) is 5.75 Å². The van der Waals surface area contributed by atoms with Gasteiger partial charge in [-0.15, -0.1) is 0 Å². The van der Waals surface area contributed by atoms with Crippen LogP contribution in [0.25, 0.3) is 0 Å². The van der Waals surface area contributed by atoms with Crippen LogP contribution in [-0.2, 0) is 0 Å². The molecule has 0 amide bonds. The molecule has 0 fully saturated rings. The summed E-state index contributed by atoms with van der Waals surface area (Å²) >= 11 is 0. The summed E-state index contributed by atoms with van der Waals surface area (Å²) in [6.45, 7) is 3.80. The maximum atomic E-state index is 5.40. The zero-order valence-electron chi connectivity index (χ0n) is 7.55. The molecule has 2 aromatic rings. The first kappa shape index (κ1) is 8.69. The van der Waals surface area contributed by atoms with Crippen molar-refractivity contribution in [2.45, 2.75) is 0 Å². The third-order valence-electron chi connectivity index (χ3n) is 1.65. The van der Waals surface area contributed by atoms with E-state index in [4.69, 9.17) is 4.74 Å². The fourth-order valence-electron chi connectivity index (χ4n) is 1.05. The first-order valence-corrected chi connectivity index (χ1v) is 4.21. The molecule has 0 saturated heterocycles. The number of ether oxygens (including phenoxy) is 1. The highest BCUT2D eigenvalue weighted by Gasteiger charge is 1.97. The van der Waals surface area contributed by atoms with Crippen LogP contribution < -0.4 is 4.74 Å². The Morgan fingerprint density at radius 1 is 1.07 bits per heavy atom. The molecule has 0 aliphatic heterocycles. The molecule has 1 radical (unpaired) electrons. The maximum absolute atomic E-state index is 5.40. The first-order valence-electron chi connectivity index (χ1n) is 4.21. The van der Waals surface area contributed by atoms with Crippen LogP contribution in [0.3, 0.4) is 0 Å². The zero-order valence-corrected chi connectivity index (χ0v) is 7.55. The number of hydrogen-bond donors (Lipinski definition) is 0. The number of aromatic nitrogens is 2. The molecular weight excluding hydrogens is 176 g/mol. The van der Waals surface area contributed by atoms with Gasteiger partial charge in [-0.05, 0) is 30.7 Å². The fourth-order valence-corrected chi connectivity index (χ4v) is 1.05. The summed E-state index contributed by atoms with van der Waals surface area (Å²) in [4.78, 5) is 7.90. The minimum atomic E-state index is 0.345. The highest BCUT2D eigenvalue weighted by Crippen LogP contribution is 2.17. The van der Waals surface area contributed by atoms with Crippen molar-refractivity contribution in [2.24, 2.45) is 0 Å². The lowest BCUT2D eigenvalue weighted by Gasteiger charge is -2.02. The number of rotatable bonds is 2. The van der Waals surface area contributed by atoms with Crippen LogP contribution in [0.4, 0.5) is 0 Å². The quantitative estimate of drug-likeness (QED) is 0.720. The summed E-state index contributed by atoms with van der Waals surface area (Å²) in [6, 6.07) is 9.53. The van der Waals surface area contributed by atoms with Crippen LogP contribution in [0, 0.1) is 6.92 Å². The van der Waals surface area contributed by atoms with E-state index in [-0.39, 0.29) is 0 Å². The van der Waals surface area contributed by atoms with Gasteiger partial charge in [-0.2, -0.15) is 0 Å². The molecule has 1 aromatic heterocycles. The van der Waals surface area contributed by atoms with Crippen molar-refractivity contribution in [3.8, 4) is 11.8 Å². The van der Waals surface area contributed by atoms with Crippen molar-refractivity contribution in [1.29, 1.82) is 0 Å². The third-order valence-corrected chi connectivity index (χ3v) is 1.65. The van der Waals surface area contributed by atoms with E-state index in [1.54, 1.807) is 18.5 Å². The van der Waals surface area contributed by atoms with Gasteiger partial charge in [-0.3, -0.25) is 0 Å². The lowest BCUT2D eigenvalue weighted by atomic mass is 10.2. The van der Waals surface area contributed by atoms with Gasteiger partial charge in [0.25, 0.3) is 0 Å². The molecule has 1 heterocycles. The number of nitrogens with zero attached hydrogens (tertiary/aromatic N) is 2. The summed E-state index contributed by atoms with van der Waals surface area (Å²) in [6.07, 6.45) is 3.27. The summed E-state index contributed by atoms with van der Waals surface area (Å²) in [5.41, 5.74) is 0.901. The molecule has 69 valence electrons. The Bertz CT molecular complexity index is 415. The van der Waals surface area contributed by atoms with Crippen molar-refractivity contribution in [1.82, 2.24) is 9.97 Å². The monoisotopic (exact) mass is 185 g/mol. The highest BCUT2D eigenvalue weighted by atomic mass is 16.5. The van der Waals surface area contributed by atoms with Crippen LogP contribution >= 0.6 is 0 Å². The Labute approximate surface area is 82.4 Å². The van der Waals surface area contributed by atoms with Crippen LogP contribution in [-0.4, -0.2) is 9.97 Å². The van der Waals surface area contributed by atoms with Gasteiger partial charge in [0.05, 0.1) is 0 Å². The van der Waals surface area contributed by atoms with Crippen LogP contribution in [0.15, 0.2) is 42.7 Å². The molecule has 3 nitrogen and oxygen atoms in total. The van der Waals surface area contributed by atoms with Crippen molar-refractivity contribution >= 4 is 0 Å². The van der Waals surface area contributed by atoms with Crippen LogP contribution in [0.1, 0.15) is 5.56 Å². The van der Waals surface area contributed by atoms with Crippen LogP contribution in [0.2, 0.25) is 0 Å². The van der Waals surface area contributed by atoms with Crippen molar-refractivity contribution in [3.05, 3.63) is 55.2 Å². The average Bonchev–Trinajstić information content (AvgIpc) is 2.19. The molecule has 2 rings (SSSR count). The molecule has 3 heteroatoms. The van der Waals surface area contributed by atoms with Gasteiger partial charge < -0.3 is 4.74 Å². The average molecular weight is 185 g/mol. The lowest BCUT2D eigenvalue weighted by Crippen LogP contribution is -1.89. The van der Waals surface area contributed by atoms with Gasteiger partial charge in [-0.25, -0.2) is 9.97 Å². The van der Waals surface area contributed by atoms with Crippen molar-refractivity contribution in [3.63, 3.8) is 0 Å². The van der Waals surface area contributed by atoms with E-state index < -0.39 is 0 Å². The van der Waals surface area contributed by atoms with Gasteiger partial charge in [-0.1, -0.05) is 12.1 Å². The first-order chi connectivity index (χ1) is 6.84. The van der Waals surface area contributed by atoms with E-state index in [2.05, 4.69) is 16.9 Å². The Morgan fingerprint density at radius 3 is 2.57 bits per heavy atom. The number of hydrogen-bond acceptors (Lipinski definition) is 3. The van der Waals surface area contributed by atoms with Crippen LogP contribution in [0.5, 0.6) is 11.8 Å². The molecule has 0 unspecified atom stereocenters. The van der Waals surface area contributed by atoms with Gasteiger partial charge in [0.2, 0.25) is 0 Å². The summed E-state index contributed by atoms with van der Waals surface area (Å²) in [5, 5.41) is 0. The molecular formula is C11H9N2O. The summed E-state index contributed by atoms with van der Waals surface area (Å²) in [5.74, 6) is 0.698. The molecule has 0 bridgehead atoms. The van der Waals surface area contributed by atoms with E-state index >= 15 is 0 Å². The van der Waals surface area contributed by atoms with E-state index in [1.165, 1.54) is 0 Å². The Morgan fingerprint density at radius 2 is 1.86 bits per heavy atom. The largest absolute Gasteiger partial charge is 0.424 e. The Kier molecular flexibility index (Phi) is 2.40. The van der Waals surface area contributed by atoms with Gasteiger partial charge in [0, 0.05) is 12.4 Å². The molecule has 0 saturated carbocycles. The lowest BCUT2D eigenvalue weighted by molar-refractivity contribution is 0.441. The Hall–Kier alpha value is -1.90. The maximum Gasteiger partial charge on any atom is 0.321 e. The highest BCUT2D eigenvalue weighted by molar-refractivity contribution is 5.31. The standard InChI is InChI=1S/C11H9N2O/c1-9-4-2-5-10(8-9)14-11-12-6-3-7-13-11/h2-8H,1H2. The van der Waals surface area contributed by atoms with Gasteiger partial charge >= 0.3 is 6.01 Å². The minimum absolute atomic E-state index is 0.345. The summed E-state index contributed by atoms with van der Waals surface area (Å²) in [7, 11) is 0. The SMILES string of the molecule is [CH2]c1cccc(Oc2ncccn2)c1. The minimum Gasteiger partial charge on any atom is -0.424 e. The van der Waals surface area contributed by atoms with E-state index in [0.29, 0.717) is 11.8 Å². The molecule has 0 atom stereocenters. The van der Waals surface area contributed by atoms with Crippen molar-refractivity contribution < 1.29 is 4.74 Å². The smallest absolute Gasteiger partial charge is 0.321 e. The van der Waals surface area contributed by atoms with Crippen molar-refractivity contribution in [2.75, 3.05) is 0 Å². The third kappa shape index (κ3) is 2.07. The molecule has 0 spiro atoms. The van der Waals surface area contributed by atoms with E-state index in [9.17, 15) is 0 Å². The normalized spacial score (nSPS) is 9.79. The predicted molar refractivity (Wildman–Crippen MR) is 53.0 cm³/mol. The Balaban J connectivity index is 2.19. The van der Waals surface area contributed by atoms with E-state index in [0.717, 1.165) is 5.56 Å². The second kappa shape index (κ2) is 3.87. The summed E-state index contributed by atoms with van der Waals surface area (Å²) < 4.78 is 5.40. The molecule has 1 aromatic carbocycles. The molecule has 0 aliphatic carbocycles. The number of benzene rings is 1. The van der Waals surface area contributed by atoms with E-state index in [1.807, 2.05) is 24.3 Å². The second-order valence-corrected chi connectivity index (χ2v) is 2.78. The molecule has 0 N–H and O–H groups in total. The predicted octanol–water partition coefficient (Wildman–Crippen LogP) is 2.45. The fraction of sp³-hybridized carbons (Fsp3) is 0. The second-order valence-electron chi connectivity index (χ2n) is 2.78. The molecule has 0 aliphatic rings.